The third kappa shape index (κ3) is 3.55. The summed E-state index contributed by atoms with van der Waals surface area (Å²) < 4.78 is 1.78. The number of hydrogen-bond acceptors (Lipinski definition) is 3. The first-order chi connectivity index (χ1) is 8.65. The highest BCUT2D eigenvalue weighted by Crippen LogP contribution is 2.12. The van der Waals surface area contributed by atoms with Crippen molar-refractivity contribution in [2.75, 3.05) is 0 Å². The molecular formula is C13H17ClN4. The van der Waals surface area contributed by atoms with Gasteiger partial charge in [-0.25, -0.2) is 0 Å². The standard InChI is InChI=1S/C13H17ClN4/c1-10(6-11-4-3-5-12(14)7-11)15-8-13-9-16-17-18(13)2/h3-5,7,9-10,15H,6,8H2,1-2H3. The zero-order valence-corrected chi connectivity index (χ0v) is 11.4. The van der Waals surface area contributed by atoms with E-state index in [2.05, 4.69) is 28.6 Å². The van der Waals surface area contributed by atoms with E-state index in [0.29, 0.717) is 6.04 Å². The van der Waals surface area contributed by atoms with Gasteiger partial charge in [-0.1, -0.05) is 28.9 Å². The zero-order chi connectivity index (χ0) is 13.0. The number of halogens is 1. The van der Waals surface area contributed by atoms with Gasteiger partial charge in [0, 0.05) is 24.7 Å². The average Bonchev–Trinajstić information content (AvgIpc) is 2.72. The average molecular weight is 265 g/mol. The van der Waals surface area contributed by atoms with Crippen LogP contribution in [0.1, 0.15) is 18.2 Å². The lowest BCUT2D eigenvalue weighted by molar-refractivity contribution is 0.524. The summed E-state index contributed by atoms with van der Waals surface area (Å²) in [6.45, 7) is 2.93. The van der Waals surface area contributed by atoms with Gasteiger partial charge in [0.05, 0.1) is 11.9 Å². The summed E-state index contributed by atoms with van der Waals surface area (Å²) in [7, 11) is 1.89. The first kappa shape index (κ1) is 13.1. The van der Waals surface area contributed by atoms with Gasteiger partial charge in [0.25, 0.3) is 0 Å². The molecule has 0 saturated heterocycles. The summed E-state index contributed by atoms with van der Waals surface area (Å²) in [6.07, 6.45) is 2.73. The number of nitrogens with zero attached hydrogens (tertiary/aromatic N) is 3. The van der Waals surface area contributed by atoms with Crippen molar-refractivity contribution in [1.29, 1.82) is 0 Å². The minimum absolute atomic E-state index is 0.373. The molecule has 18 heavy (non-hydrogen) atoms. The highest BCUT2D eigenvalue weighted by atomic mass is 35.5. The van der Waals surface area contributed by atoms with E-state index in [9.17, 15) is 0 Å². The molecular weight excluding hydrogens is 248 g/mol. The quantitative estimate of drug-likeness (QED) is 0.900. The van der Waals surface area contributed by atoms with Crippen LogP contribution in [0.15, 0.2) is 30.5 Å². The maximum atomic E-state index is 5.97. The summed E-state index contributed by atoms with van der Waals surface area (Å²) in [5, 5.41) is 12.0. The van der Waals surface area contributed by atoms with E-state index in [-0.39, 0.29) is 0 Å². The minimum atomic E-state index is 0.373. The van der Waals surface area contributed by atoms with E-state index in [4.69, 9.17) is 11.6 Å². The molecule has 0 fully saturated rings. The Labute approximate surface area is 112 Å². The molecule has 1 unspecified atom stereocenters. The first-order valence-corrected chi connectivity index (χ1v) is 6.34. The molecule has 96 valence electrons. The van der Waals surface area contributed by atoms with E-state index in [1.165, 1.54) is 5.56 Å². The van der Waals surface area contributed by atoms with Crippen LogP contribution in [0.2, 0.25) is 5.02 Å². The molecule has 2 rings (SSSR count). The molecule has 1 atom stereocenters. The van der Waals surface area contributed by atoms with E-state index < -0.39 is 0 Å². The second-order valence-corrected chi connectivity index (χ2v) is 4.90. The molecule has 0 aliphatic rings. The summed E-state index contributed by atoms with van der Waals surface area (Å²) in [5.41, 5.74) is 2.32. The Bertz CT molecular complexity index is 509. The normalized spacial score (nSPS) is 12.6. The van der Waals surface area contributed by atoms with Crippen LogP contribution in [0.4, 0.5) is 0 Å². The van der Waals surface area contributed by atoms with Gasteiger partial charge in [0.1, 0.15) is 0 Å². The number of benzene rings is 1. The molecule has 0 amide bonds. The van der Waals surface area contributed by atoms with Crippen molar-refractivity contribution in [2.45, 2.75) is 25.9 Å². The molecule has 1 N–H and O–H groups in total. The maximum absolute atomic E-state index is 5.97. The van der Waals surface area contributed by atoms with Gasteiger partial charge in [0.2, 0.25) is 0 Å². The van der Waals surface area contributed by atoms with Gasteiger partial charge >= 0.3 is 0 Å². The Morgan fingerprint density at radius 3 is 2.94 bits per heavy atom. The monoisotopic (exact) mass is 264 g/mol. The lowest BCUT2D eigenvalue weighted by Crippen LogP contribution is -2.28. The van der Waals surface area contributed by atoms with Crippen LogP contribution in [-0.2, 0) is 20.0 Å². The maximum Gasteiger partial charge on any atom is 0.0738 e. The van der Waals surface area contributed by atoms with Gasteiger partial charge in [-0.3, -0.25) is 4.68 Å². The number of rotatable bonds is 5. The van der Waals surface area contributed by atoms with Crippen LogP contribution < -0.4 is 5.32 Å². The van der Waals surface area contributed by atoms with Gasteiger partial charge < -0.3 is 5.32 Å². The Hall–Kier alpha value is -1.39. The van der Waals surface area contributed by atoms with Crippen LogP contribution >= 0.6 is 11.6 Å². The predicted octanol–water partition coefficient (Wildman–Crippen LogP) is 2.19. The summed E-state index contributed by atoms with van der Waals surface area (Å²) in [4.78, 5) is 0. The fraction of sp³-hybridized carbons (Fsp3) is 0.385. The van der Waals surface area contributed by atoms with E-state index in [1.807, 2.05) is 25.2 Å². The van der Waals surface area contributed by atoms with E-state index in [0.717, 1.165) is 23.7 Å². The Kier molecular flexibility index (Phi) is 4.33. The summed E-state index contributed by atoms with van der Waals surface area (Å²) >= 11 is 5.97. The van der Waals surface area contributed by atoms with Crippen molar-refractivity contribution in [2.24, 2.45) is 7.05 Å². The molecule has 0 saturated carbocycles. The van der Waals surface area contributed by atoms with Gasteiger partial charge in [-0.15, -0.1) is 5.10 Å². The summed E-state index contributed by atoms with van der Waals surface area (Å²) in [5.74, 6) is 0. The number of aryl methyl sites for hydroxylation is 1. The molecule has 4 nitrogen and oxygen atoms in total. The van der Waals surface area contributed by atoms with Crippen molar-refractivity contribution in [3.63, 3.8) is 0 Å². The van der Waals surface area contributed by atoms with Crippen LogP contribution in [0, 0.1) is 0 Å². The SMILES string of the molecule is CC(Cc1cccc(Cl)c1)NCc1cnnn1C. The highest BCUT2D eigenvalue weighted by Gasteiger charge is 2.05. The minimum Gasteiger partial charge on any atom is -0.308 e. The predicted molar refractivity (Wildman–Crippen MR) is 72.5 cm³/mol. The third-order valence-corrected chi connectivity index (χ3v) is 3.11. The topological polar surface area (TPSA) is 42.7 Å². The molecule has 0 aliphatic heterocycles. The molecule has 0 radical (unpaired) electrons. The van der Waals surface area contributed by atoms with Crippen LogP contribution in [0.3, 0.4) is 0 Å². The molecule has 2 aromatic rings. The van der Waals surface area contributed by atoms with Crippen LogP contribution in [-0.4, -0.2) is 21.0 Å². The zero-order valence-electron chi connectivity index (χ0n) is 10.6. The van der Waals surface area contributed by atoms with Crippen LogP contribution in [0.5, 0.6) is 0 Å². The molecule has 0 spiro atoms. The fourth-order valence-corrected chi connectivity index (χ4v) is 2.05. The number of hydrogen-bond donors (Lipinski definition) is 1. The van der Waals surface area contributed by atoms with E-state index in [1.54, 1.807) is 10.9 Å². The van der Waals surface area contributed by atoms with Crippen molar-refractivity contribution >= 4 is 11.6 Å². The van der Waals surface area contributed by atoms with Gasteiger partial charge in [-0.05, 0) is 31.0 Å². The Balaban J connectivity index is 1.86. The smallest absolute Gasteiger partial charge is 0.0738 e. The molecule has 0 aliphatic carbocycles. The number of aromatic nitrogens is 3. The van der Waals surface area contributed by atoms with Gasteiger partial charge in [-0.2, -0.15) is 0 Å². The van der Waals surface area contributed by atoms with E-state index >= 15 is 0 Å². The number of nitrogens with one attached hydrogen (secondary N) is 1. The molecule has 5 heteroatoms. The van der Waals surface area contributed by atoms with Crippen molar-refractivity contribution in [3.8, 4) is 0 Å². The second kappa shape index (κ2) is 5.98. The molecule has 1 aromatic heterocycles. The Morgan fingerprint density at radius 2 is 2.28 bits per heavy atom. The van der Waals surface area contributed by atoms with Crippen molar-refractivity contribution in [1.82, 2.24) is 20.3 Å². The van der Waals surface area contributed by atoms with Crippen molar-refractivity contribution in [3.05, 3.63) is 46.7 Å². The van der Waals surface area contributed by atoms with Crippen molar-refractivity contribution < 1.29 is 0 Å². The highest BCUT2D eigenvalue weighted by molar-refractivity contribution is 6.30. The molecule has 1 heterocycles. The fourth-order valence-electron chi connectivity index (χ4n) is 1.84. The first-order valence-electron chi connectivity index (χ1n) is 5.96. The van der Waals surface area contributed by atoms with Crippen LogP contribution in [0.25, 0.3) is 0 Å². The molecule has 1 aromatic carbocycles. The second-order valence-electron chi connectivity index (χ2n) is 4.46. The third-order valence-electron chi connectivity index (χ3n) is 2.87. The Morgan fingerprint density at radius 1 is 1.44 bits per heavy atom. The lowest BCUT2D eigenvalue weighted by Gasteiger charge is -2.13. The van der Waals surface area contributed by atoms with Gasteiger partial charge in [0.15, 0.2) is 0 Å². The summed E-state index contributed by atoms with van der Waals surface area (Å²) in [6, 6.07) is 8.35. The largest absolute Gasteiger partial charge is 0.308 e. The molecule has 0 bridgehead atoms. The lowest BCUT2D eigenvalue weighted by atomic mass is 10.1.